The Balaban J connectivity index is 2.50. The van der Waals surface area contributed by atoms with Gasteiger partial charge in [0.2, 0.25) is 0 Å². The van der Waals surface area contributed by atoms with Gasteiger partial charge >= 0.3 is 36.1 Å². The molecule has 0 N–H and O–H groups in total. The van der Waals surface area contributed by atoms with Crippen molar-refractivity contribution < 1.29 is 58.6 Å². The number of alkyl halides is 8. The van der Waals surface area contributed by atoms with Crippen LogP contribution >= 0.6 is 15.9 Å². The number of carbonyl (C=O) groups excluding carboxylic acids is 2. The van der Waals surface area contributed by atoms with Gasteiger partial charge in [0.1, 0.15) is 11.6 Å². The van der Waals surface area contributed by atoms with E-state index in [4.69, 9.17) is 4.74 Å². The minimum atomic E-state index is -6.49. The molecule has 1 aromatic carbocycles. The van der Waals surface area contributed by atoms with Crippen LogP contribution in [0.4, 0.5) is 39.5 Å². The Morgan fingerprint density at radius 1 is 1.00 bits per heavy atom. The monoisotopic (exact) mass is 518 g/mol. The summed E-state index contributed by atoms with van der Waals surface area (Å²) >= 11 is 2.92. The maximum absolute atomic E-state index is 13.2. The molecule has 0 aliphatic rings. The van der Waals surface area contributed by atoms with Crippen molar-refractivity contribution in [2.75, 3.05) is 6.61 Å². The molecule has 0 saturated carbocycles. The fraction of sp³-hybridized carbons (Fsp3) is 0.500. The van der Waals surface area contributed by atoms with Gasteiger partial charge in [-0.05, 0) is 40.5 Å². The third-order valence-corrected chi connectivity index (χ3v) is 4.07. The van der Waals surface area contributed by atoms with E-state index < -0.39 is 61.4 Å². The summed E-state index contributed by atoms with van der Waals surface area (Å²) < 4.78 is 123. The SMILES string of the molecule is O=C(CCCC(=O)Oc1ccc(F)cc1Br)OCC(F)(F)C(F)(F)C(F)(F)C(F)F. The Kier molecular flexibility index (Phi) is 8.58. The minimum Gasteiger partial charge on any atom is -0.459 e. The standard InChI is InChI=1S/C16H12BrF9O4/c17-9-6-8(18)4-5-10(9)30-12(28)3-1-2-11(27)29-7-14(21,22)16(25,26)15(23,24)13(19)20/h4-6,13H,1-3,7H2. The molecule has 0 fully saturated rings. The predicted molar refractivity (Wildman–Crippen MR) is 85.4 cm³/mol. The minimum absolute atomic E-state index is 0.0641. The number of hydrogen-bond acceptors (Lipinski definition) is 4. The lowest BCUT2D eigenvalue weighted by atomic mass is 10.1. The Hall–Kier alpha value is -1.99. The molecular weight excluding hydrogens is 507 g/mol. The first-order valence-electron chi connectivity index (χ1n) is 7.84. The Bertz CT molecular complexity index is 771. The Labute approximate surface area is 171 Å². The van der Waals surface area contributed by atoms with Gasteiger partial charge in [-0.15, -0.1) is 0 Å². The molecule has 1 aromatic rings. The van der Waals surface area contributed by atoms with E-state index in [2.05, 4.69) is 20.7 Å². The number of carbonyl (C=O) groups is 2. The highest BCUT2D eigenvalue weighted by Gasteiger charge is 2.75. The first kappa shape index (κ1) is 26.0. The molecule has 0 atom stereocenters. The van der Waals surface area contributed by atoms with Crippen LogP contribution in [0.1, 0.15) is 19.3 Å². The summed E-state index contributed by atoms with van der Waals surface area (Å²) in [6.07, 6.45) is -6.70. The van der Waals surface area contributed by atoms with Crippen molar-refractivity contribution in [2.24, 2.45) is 0 Å². The zero-order valence-corrected chi connectivity index (χ0v) is 16.1. The number of hydrogen-bond donors (Lipinski definition) is 0. The van der Waals surface area contributed by atoms with Gasteiger partial charge in [0.25, 0.3) is 0 Å². The van der Waals surface area contributed by atoms with Crippen LogP contribution in [-0.2, 0) is 14.3 Å². The first-order valence-corrected chi connectivity index (χ1v) is 8.64. The molecule has 0 aromatic heterocycles. The summed E-state index contributed by atoms with van der Waals surface area (Å²) in [6, 6.07) is 3.09. The lowest BCUT2D eigenvalue weighted by Crippen LogP contribution is -2.59. The van der Waals surface area contributed by atoms with Gasteiger partial charge in [0.15, 0.2) is 6.61 Å². The second kappa shape index (κ2) is 9.88. The fourth-order valence-corrected chi connectivity index (χ4v) is 2.26. The van der Waals surface area contributed by atoms with Gasteiger partial charge in [-0.3, -0.25) is 9.59 Å². The first-order chi connectivity index (χ1) is 13.6. The summed E-state index contributed by atoms with van der Waals surface area (Å²) in [5.41, 5.74) is 0. The third-order valence-electron chi connectivity index (χ3n) is 3.45. The molecule has 0 unspecified atom stereocenters. The summed E-state index contributed by atoms with van der Waals surface area (Å²) in [6.45, 7) is -2.58. The van der Waals surface area contributed by atoms with Crippen molar-refractivity contribution in [1.29, 1.82) is 0 Å². The number of esters is 2. The molecule has 4 nitrogen and oxygen atoms in total. The van der Waals surface area contributed by atoms with Gasteiger partial charge in [0.05, 0.1) is 4.47 Å². The number of rotatable bonds is 10. The summed E-state index contributed by atoms with van der Waals surface area (Å²) in [5.74, 6) is -21.8. The van der Waals surface area contributed by atoms with Crippen molar-refractivity contribution in [3.8, 4) is 5.75 Å². The summed E-state index contributed by atoms with van der Waals surface area (Å²) in [5, 5.41) is 0. The topological polar surface area (TPSA) is 52.6 Å². The molecule has 170 valence electrons. The molecule has 1 rings (SSSR count). The van der Waals surface area contributed by atoms with Crippen molar-refractivity contribution >= 4 is 27.9 Å². The van der Waals surface area contributed by atoms with Crippen LogP contribution in [0, 0.1) is 5.82 Å². The molecule has 0 aliphatic heterocycles. The predicted octanol–water partition coefficient (Wildman–Crippen LogP) is 5.38. The Morgan fingerprint density at radius 2 is 1.57 bits per heavy atom. The molecule has 0 saturated heterocycles. The van der Waals surface area contributed by atoms with Crippen LogP contribution < -0.4 is 4.74 Å². The highest BCUT2D eigenvalue weighted by atomic mass is 79.9. The average molecular weight is 519 g/mol. The van der Waals surface area contributed by atoms with E-state index in [1.165, 1.54) is 0 Å². The second-order valence-electron chi connectivity index (χ2n) is 5.77. The van der Waals surface area contributed by atoms with Gasteiger partial charge in [-0.1, -0.05) is 0 Å². The van der Waals surface area contributed by atoms with Crippen LogP contribution in [0.5, 0.6) is 5.75 Å². The average Bonchev–Trinajstić information content (AvgIpc) is 2.62. The zero-order valence-electron chi connectivity index (χ0n) is 14.6. The maximum atomic E-state index is 13.2. The summed E-state index contributed by atoms with van der Waals surface area (Å²) in [4.78, 5) is 22.9. The smallest absolute Gasteiger partial charge is 0.381 e. The van der Waals surface area contributed by atoms with Crippen LogP contribution in [0.25, 0.3) is 0 Å². The lowest BCUT2D eigenvalue weighted by Gasteiger charge is -2.31. The molecule has 0 radical (unpaired) electrons. The number of ether oxygens (including phenoxy) is 2. The van der Waals surface area contributed by atoms with Crippen LogP contribution in [0.3, 0.4) is 0 Å². The quantitative estimate of drug-likeness (QED) is 0.237. The molecule has 0 spiro atoms. The van der Waals surface area contributed by atoms with E-state index >= 15 is 0 Å². The van der Waals surface area contributed by atoms with Crippen LogP contribution in [-0.4, -0.2) is 42.7 Å². The van der Waals surface area contributed by atoms with Gasteiger partial charge in [0, 0.05) is 12.8 Å². The van der Waals surface area contributed by atoms with Gasteiger partial charge in [-0.2, -0.15) is 26.3 Å². The molecule has 14 heteroatoms. The number of benzene rings is 1. The maximum Gasteiger partial charge on any atom is 0.381 e. The van der Waals surface area contributed by atoms with Gasteiger partial charge < -0.3 is 9.47 Å². The molecule has 0 heterocycles. The van der Waals surface area contributed by atoms with E-state index in [0.29, 0.717) is 0 Å². The third kappa shape index (κ3) is 6.25. The highest BCUT2D eigenvalue weighted by molar-refractivity contribution is 9.10. The Morgan fingerprint density at radius 3 is 2.10 bits per heavy atom. The van der Waals surface area contributed by atoms with Crippen molar-refractivity contribution in [2.45, 2.75) is 43.5 Å². The van der Waals surface area contributed by atoms with Crippen LogP contribution in [0.15, 0.2) is 22.7 Å². The van der Waals surface area contributed by atoms with E-state index in [9.17, 15) is 49.1 Å². The van der Waals surface area contributed by atoms with Gasteiger partial charge in [-0.25, -0.2) is 13.2 Å². The molecular formula is C16H12BrF9O4. The van der Waals surface area contributed by atoms with E-state index in [1.54, 1.807) is 0 Å². The van der Waals surface area contributed by atoms with E-state index in [-0.39, 0.29) is 16.6 Å². The summed E-state index contributed by atoms with van der Waals surface area (Å²) in [7, 11) is 0. The normalized spacial score (nSPS) is 12.8. The molecule has 0 amide bonds. The largest absolute Gasteiger partial charge is 0.459 e. The molecule has 0 bridgehead atoms. The van der Waals surface area contributed by atoms with Crippen molar-refractivity contribution in [3.63, 3.8) is 0 Å². The van der Waals surface area contributed by atoms with Crippen LogP contribution in [0.2, 0.25) is 0 Å². The van der Waals surface area contributed by atoms with E-state index in [0.717, 1.165) is 18.2 Å². The van der Waals surface area contributed by atoms with Crippen molar-refractivity contribution in [3.05, 3.63) is 28.5 Å². The lowest BCUT2D eigenvalue weighted by molar-refractivity contribution is -0.344. The van der Waals surface area contributed by atoms with E-state index in [1.807, 2.05) is 0 Å². The second-order valence-corrected chi connectivity index (χ2v) is 6.62. The zero-order chi connectivity index (χ0) is 23.3. The molecule has 0 aliphatic carbocycles. The highest BCUT2D eigenvalue weighted by Crippen LogP contribution is 2.48. The molecule has 30 heavy (non-hydrogen) atoms. The van der Waals surface area contributed by atoms with Crippen molar-refractivity contribution in [1.82, 2.24) is 0 Å². The number of halogens is 10. The fourth-order valence-electron chi connectivity index (χ4n) is 1.82.